The molecule has 114 valence electrons. The lowest BCUT2D eigenvalue weighted by Gasteiger charge is -2.32. The van der Waals surface area contributed by atoms with E-state index in [9.17, 15) is 14.7 Å². The number of carbonyl (C=O) groups excluding carboxylic acids is 1. The fraction of sp³-hybridized carbons (Fsp3) is 0.875. The first kappa shape index (κ1) is 15.3. The molecule has 2 aliphatic carbocycles. The number of hydrogen-bond donors (Lipinski definition) is 2. The zero-order valence-corrected chi connectivity index (χ0v) is 12.5. The van der Waals surface area contributed by atoms with Crippen LogP contribution in [0, 0.1) is 10.8 Å². The van der Waals surface area contributed by atoms with E-state index < -0.39 is 11.4 Å². The molecule has 0 atom stereocenters. The molecular weight excluding hydrogens is 254 g/mol. The van der Waals surface area contributed by atoms with Crippen LogP contribution in [0.15, 0.2) is 0 Å². The van der Waals surface area contributed by atoms with Crippen LogP contribution in [0.3, 0.4) is 0 Å². The van der Waals surface area contributed by atoms with Gasteiger partial charge < -0.3 is 10.4 Å². The lowest BCUT2D eigenvalue weighted by molar-refractivity contribution is -0.154. The summed E-state index contributed by atoms with van der Waals surface area (Å²) in [6, 6.07) is 0. The summed E-state index contributed by atoms with van der Waals surface area (Å²) in [4.78, 5) is 23.7. The Morgan fingerprint density at radius 2 is 1.75 bits per heavy atom. The van der Waals surface area contributed by atoms with Crippen molar-refractivity contribution in [3.63, 3.8) is 0 Å². The maximum Gasteiger partial charge on any atom is 0.310 e. The van der Waals surface area contributed by atoms with Crippen molar-refractivity contribution in [3.8, 4) is 0 Å². The van der Waals surface area contributed by atoms with Crippen LogP contribution in [0.25, 0.3) is 0 Å². The highest BCUT2D eigenvalue weighted by Crippen LogP contribution is 2.49. The van der Waals surface area contributed by atoms with E-state index in [1.54, 1.807) is 0 Å². The molecule has 1 amide bonds. The van der Waals surface area contributed by atoms with Crippen LogP contribution < -0.4 is 5.32 Å². The molecule has 0 unspecified atom stereocenters. The summed E-state index contributed by atoms with van der Waals surface area (Å²) in [5, 5.41) is 12.5. The molecule has 2 aliphatic rings. The van der Waals surface area contributed by atoms with Gasteiger partial charge in [-0.1, -0.05) is 32.6 Å². The van der Waals surface area contributed by atoms with Gasteiger partial charge in [-0.3, -0.25) is 9.59 Å². The van der Waals surface area contributed by atoms with Crippen molar-refractivity contribution in [2.24, 2.45) is 10.8 Å². The van der Waals surface area contributed by atoms with Crippen molar-refractivity contribution in [2.75, 3.05) is 6.54 Å². The second-order valence-corrected chi connectivity index (χ2v) is 6.85. The number of rotatable bonds is 7. The summed E-state index contributed by atoms with van der Waals surface area (Å²) in [7, 11) is 0. The Bertz CT molecular complexity index is 368. The Hall–Kier alpha value is -1.06. The molecular formula is C16H27NO3. The highest BCUT2D eigenvalue weighted by Gasteiger charge is 2.44. The Kier molecular flexibility index (Phi) is 4.71. The third-order valence-electron chi connectivity index (χ3n) is 5.16. The molecule has 0 radical (unpaired) electrons. The molecule has 0 bridgehead atoms. The average molecular weight is 281 g/mol. The van der Waals surface area contributed by atoms with E-state index in [1.165, 1.54) is 12.8 Å². The number of nitrogens with one attached hydrogen (secondary N) is 1. The van der Waals surface area contributed by atoms with Gasteiger partial charge in [0.15, 0.2) is 0 Å². The van der Waals surface area contributed by atoms with Crippen molar-refractivity contribution in [3.05, 3.63) is 0 Å². The van der Waals surface area contributed by atoms with Gasteiger partial charge in [-0.15, -0.1) is 0 Å². The van der Waals surface area contributed by atoms with Gasteiger partial charge in [0.05, 0.1) is 5.41 Å². The standard InChI is InChI=1S/C16H27NO3/c1-2-6-15(9-10-15)12-17-13(18)11-16(14(19)20)7-4-3-5-8-16/h2-12H2,1H3,(H,17,18)(H,19,20). The predicted octanol–water partition coefficient (Wildman–Crippen LogP) is 3.11. The Balaban J connectivity index is 1.84. The van der Waals surface area contributed by atoms with E-state index >= 15 is 0 Å². The minimum atomic E-state index is -0.802. The topological polar surface area (TPSA) is 66.4 Å². The lowest BCUT2D eigenvalue weighted by Crippen LogP contribution is -2.40. The van der Waals surface area contributed by atoms with Crippen LogP contribution in [0.5, 0.6) is 0 Å². The van der Waals surface area contributed by atoms with Gasteiger partial charge in [0.2, 0.25) is 5.91 Å². The molecule has 2 rings (SSSR count). The number of amides is 1. The van der Waals surface area contributed by atoms with Crippen LogP contribution in [-0.2, 0) is 9.59 Å². The van der Waals surface area contributed by atoms with Crippen molar-refractivity contribution >= 4 is 11.9 Å². The second kappa shape index (κ2) is 6.15. The number of hydrogen-bond acceptors (Lipinski definition) is 2. The number of aliphatic carboxylic acids is 1. The first-order valence-electron chi connectivity index (χ1n) is 8.02. The van der Waals surface area contributed by atoms with E-state index in [0.29, 0.717) is 18.3 Å². The quantitative estimate of drug-likeness (QED) is 0.753. The van der Waals surface area contributed by atoms with Crippen LogP contribution in [0.2, 0.25) is 0 Å². The first-order valence-corrected chi connectivity index (χ1v) is 8.02. The van der Waals surface area contributed by atoms with Crippen molar-refractivity contribution in [1.29, 1.82) is 0 Å². The third kappa shape index (κ3) is 3.53. The van der Waals surface area contributed by atoms with Gasteiger partial charge in [-0.05, 0) is 37.5 Å². The van der Waals surface area contributed by atoms with Crippen molar-refractivity contribution < 1.29 is 14.7 Å². The minimum Gasteiger partial charge on any atom is -0.481 e. The molecule has 0 aromatic carbocycles. The smallest absolute Gasteiger partial charge is 0.310 e. The molecule has 0 aromatic heterocycles. The van der Waals surface area contributed by atoms with Gasteiger partial charge in [-0.25, -0.2) is 0 Å². The average Bonchev–Trinajstić information content (AvgIpc) is 3.18. The highest BCUT2D eigenvalue weighted by atomic mass is 16.4. The Morgan fingerprint density at radius 3 is 2.25 bits per heavy atom. The Morgan fingerprint density at radius 1 is 1.10 bits per heavy atom. The lowest BCUT2D eigenvalue weighted by atomic mass is 9.71. The molecule has 0 aliphatic heterocycles. The fourth-order valence-corrected chi connectivity index (χ4v) is 3.57. The summed E-state index contributed by atoms with van der Waals surface area (Å²) < 4.78 is 0. The van der Waals surface area contributed by atoms with Crippen LogP contribution in [0.1, 0.15) is 71.1 Å². The summed E-state index contributed by atoms with van der Waals surface area (Å²) in [6.07, 6.45) is 9.12. The van der Waals surface area contributed by atoms with E-state index in [0.717, 1.165) is 38.6 Å². The van der Waals surface area contributed by atoms with Gasteiger partial charge in [0, 0.05) is 13.0 Å². The SMILES string of the molecule is CCCC1(CNC(=O)CC2(C(=O)O)CCCCC2)CC1. The molecule has 4 nitrogen and oxygen atoms in total. The summed E-state index contributed by atoms with van der Waals surface area (Å²) >= 11 is 0. The molecule has 4 heteroatoms. The van der Waals surface area contributed by atoms with E-state index in [-0.39, 0.29) is 12.3 Å². The third-order valence-corrected chi connectivity index (χ3v) is 5.16. The molecule has 0 aromatic rings. The molecule has 2 fully saturated rings. The molecule has 2 N–H and O–H groups in total. The van der Waals surface area contributed by atoms with Gasteiger partial charge in [0.25, 0.3) is 0 Å². The van der Waals surface area contributed by atoms with Crippen LogP contribution in [-0.4, -0.2) is 23.5 Å². The largest absolute Gasteiger partial charge is 0.481 e. The fourth-order valence-electron chi connectivity index (χ4n) is 3.57. The van der Waals surface area contributed by atoms with Crippen LogP contribution >= 0.6 is 0 Å². The minimum absolute atomic E-state index is 0.0725. The number of carboxylic acid groups (broad SMARTS) is 1. The first-order chi connectivity index (χ1) is 9.52. The van der Waals surface area contributed by atoms with Crippen molar-refractivity contribution in [1.82, 2.24) is 5.32 Å². The zero-order valence-electron chi connectivity index (χ0n) is 12.5. The normalized spacial score (nSPS) is 23.1. The molecule has 20 heavy (non-hydrogen) atoms. The van der Waals surface area contributed by atoms with Gasteiger partial charge in [0.1, 0.15) is 0 Å². The molecule has 0 heterocycles. The summed E-state index contributed by atoms with van der Waals surface area (Å²) in [6.45, 7) is 2.90. The van der Waals surface area contributed by atoms with Gasteiger partial charge in [-0.2, -0.15) is 0 Å². The molecule has 2 saturated carbocycles. The molecule has 0 spiro atoms. The van der Waals surface area contributed by atoms with E-state index in [2.05, 4.69) is 12.2 Å². The maximum absolute atomic E-state index is 12.1. The van der Waals surface area contributed by atoms with Gasteiger partial charge >= 0.3 is 5.97 Å². The summed E-state index contributed by atoms with van der Waals surface area (Å²) in [5.74, 6) is -0.862. The monoisotopic (exact) mass is 281 g/mol. The van der Waals surface area contributed by atoms with E-state index in [4.69, 9.17) is 0 Å². The van der Waals surface area contributed by atoms with Crippen LogP contribution in [0.4, 0.5) is 0 Å². The maximum atomic E-state index is 12.1. The summed E-state index contributed by atoms with van der Waals surface area (Å²) in [5.41, 5.74) is -0.475. The van der Waals surface area contributed by atoms with Crippen molar-refractivity contribution in [2.45, 2.75) is 71.1 Å². The van der Waals surface area contributed by atoms with E-state index in [1.807, 2.05) is 0 Å². The predicted molar refractivity (Wildman–Crippen MR) is 77.4 cm³/mol. The zero-order chi connectivity index (χ0) is 14.6. The Labute approximate surface area is 121 Å². The molecule has 0 saturated heterocycles. The second-order valence-electron chi connectivity index (χ2n) is 6.85. The number of carbonyl (C=O) groups is 2. The highest BCUT2D eigenvalue weighted by molar-refractivity contribution is 5.85. The number of carboxylic acids is 1.